The molecule has 0 unspecified atom stereocenters. The summed E-state index contributed by atoms with van der Waals surface area (Å²) in [5, 5.41) is 8.13. The summed E-state index contributed by atoms with van der Waals surface area (Å²) >= 11 is 1.69. The number of anilines is 1. The second-order valence-electron chi connectivity index (χ2n) is 8.03. The number of nitrogens with one attached hydrogen (secondary N) is 1. The van der Waals surface area contributed by atoms with E-state index in [1.54, 1.807) is 28.4 Å². The zero-order chi connectivity index (χ0) is 21.9. The van der Waals surface area contributed by atoms with Crippen molar-refractivity contribution in [2.45, 2.75) is 13.0 Å². The number of nitrogens with zero attached hydrogens (tertiary/aromatic N) is 2. The van der Waals surface area contributed by atoms with Crippen molar-refractivity contribution in [2.75, 3.05) is 31.5 Å². The maximum absolute atomic E-state index is 13.4. The van der Waals surface area contributed by atoms with Gasteiger partial charge < -0.3 is 14.6 Å². The number of rotatable bonds is 4. The van der Waals surface area contributed by atoms with Crippen LogP contribution in [0.25, 0.3) is 22.1 Å². The van der Waals surface area contributed by atoms with Crippen molar-refractivity contribution in [2.24, 2.45) is 0 Å². The lowest BCUT2D eigenvalue weighted by molar-refractivity contribution is 0.209. The third-order valence-corrected chi connectivity index (χ3v) is 6.44. The molecule has 0 aliphatic carbocycles. The highest BCUT2D eigenvalue weighted by atomic mass is 35.5. The summed E-state index contributed by atoms with van der Waals surface area (Å²) < 4.78 is 19.5. The van der Waals surface area contributed by atoms with Crippen LogP contribution in [0.15, 0.2) is 69.8 Å². The van der Waals surface area contributed by atoms with Crippen LogP contribution >= 0.6 is 23.7 Å². The van der Waals surface area contributed by atoms with E-state index in [-0.39, 0.29) is 24.3 Å². The molecule has 1 saturated heterocycles. The number of furan rings is 1. The van der Waals surface area contributed by atoms with Gasteiger partial charge in [0.2, 0.25) is 0 Å². The number of hydrogen-bond donors (Lipinski definition) is 1. The van der Waals surface area contributed by atoms with Crippen molar-refractivity contribution < 1.29 is 13.6 Å². The number of fused-ring (bicyclic) bond motifs is 1. The molecule has 2 aromatic heterocycles. The highest BCUT2D eigenvalue weighted by molar-refractivity contribution is 7.08. The van der Waals surface area contributed by atoms with Gasteiger partial charge in [0, 0.05) is 37.3 Å². The van der Waals surface area contributed by atoms with Gasteiger partial charge in [-0.3, -0.25) is 4.90 Å². The van der Waals surface area contributed by atoms with Crippen LogP contribution in [-0.4, -0.2) is 42.0 Å². The molecule has 0 saturated carbocycles. The fraction of sp³-hybridized carbons (Fsp3) is 0.240. The number of carbonyl (C=O) groups is 1. The standard InChI is InChI=1S/C25H24FN3O2S.ClH/c26-21-3-1-4-22(15-21)27-25(30)29-9-2-8-28(10-11-29)16-23-14-20-13-18(5-6-24(20)31-23)19-7-12-32-17-19;/h1,3-7,12-15,17H,2,8-11,16H2,(H,27,30);1H. The van der Waals surface area contributed by atoms with E-state index in [1.807, 2.05) is 6.07 Å². The minimum atomic E-state index is -0.363. The van der Waals surface area contributed by atoms with Crippen LogP contribution in [0.3, 0.4) is 0 Å². The number of benzene rings is 2. The Morgan fingerprint density at radius 3 is 2.76 bits per heavy atom. The van der Waals surface area contributed by atoms with Crippen molar-refractivity contribution >= 4 is 46.4 Å². The molecule has 172 valence electrons. The molecule has 0 radical (unpaired) electrons. The predicted molar refractivity (Wildman–Crippen MR) is 134 cm³/mol. The molecule has 1 aliphatic heterocycles. The van der Waals surface area contributed by atoms with Gasteiger partial charge in [0.25, 0.3) is 0 Å². The molecule has 1 N–H and O–H groups in total. The fourth-order valence-corrected chi connectivity index (χ4v) is 4.77. The highest BCUT2D eigenvalue weighted by Gasteiger charge is 2.20. The molecule has 1 aliphatic rings. The first-order chi connectivity index (χ1) is 15.6. The lowest BCUT2D eigenvalue weighted by Gasteiger charge is -2.22. The van der Waals surface area contributed by atoms with E-state index in [1.165, 1.54) is 23.3 Å². The number of amides is 2. The molecule has 1 fully saturated rings. The van der Waals surface area contributed by atoms with Crippen LogP contribution in [-0.2, 0) is 6.54 Å². The minimum Gasteiger partial charge on any atom is -0.460 e. The van der Waals surface area contributed by atoms with E-state index in [0.29, 0.717) is 25.3 Å². The topological polar surface area (TPSA) is 48.7 Å². The molecule has 2 aromatic carbocycles. The second-order valence-corrected chi connectivity index (χ2v) is 8.81. The molecule has 33 heavy (non-hydrogen) atoms. The van der Waals surface area contributed by atoms with E-state index < -0.39 is 0 Å². The van der Waals surface area contributed by atoms with Crippen molar-refractivity contribution in [1.29, 1.82) is 0 Å². The smallest absolute Gasteiger partial charge is 0.321 e. The second kappa shape index (κ2) is 10.4. The van der Waals surface area contributed by atoms with Gasteiger partial charge in [0.15, 0.2) is 0 Å². The maximum atomic E-state index is 13.4. The van der Waals surface area contributed by atoms with Crippen molar-refractivity contribution in [3.8, 4) is 11.1 Å². The third kappa shape index (κ3) is 5.55. The Bertz CT molecular complexity index is 1230. The lowest BCUT2D eigenvalue weighted by atomic mass is 10.1. The quantitative estimate of drug-likeness (QED) is 0.360. The molecule has 4 aromatic rings. The first-order valence-electron chi connectivity index (χ1n) is 10.7. The summed E-state index contributed by atoms with van der Waals surface area (Å²) in [4.78, 5) is 16.7. The maximum Gasteiger partial charge on any atom is 0.321 e. The van der Waals surface area contributed by atoms with Crippen molar-refractivity contribution in [3.63, 3.8) is 0 Å². The average Bonchev–Trinajstić information content (AvgIpc) is 3.39. The first kappa shape index (κ1) is 23.3. The van der Waals surface area contributed by atoms with Crippen LogP contribution in [0, 0.1) is 5.82 Å². The first-order valence-corrected chi connectivity index (χ1v) is 11.7. The van der Waals surface area contributed by atoms with Gasteiger partial charge in [-0.15, -0.1) is 12.4 Å². The molecule has 0 spiro atoms. The molecule has 5 rings (SSSR count). The molecule has 8 heteroatoms. The van der Waals surface area contributed by atoms with Crippen LogP contribution in [0.5, 0.6) is 0 Å². The largest absolute Gasteiger partial charge is 0.460 e. The van der Waals surface area contributed by atoms with E-state index >= 15 is 0 Å². The van der Waals surface area contributed by atoms with E-state index in [4.69, 9.17) is 4.42 Å². The Hall–Kier alpha value is -2.87. The number of carbonyl (C=O) groups excluding carboxylic acids is 1. The van der Waals surface area contributed by atoms with Gasteiger partial charge in [-0.25, -0.2) is 9.18 Å². The molecule has 5 nitrogen and oxygen atoms in total. The van der Waals surface area contributed by atoms with Gasteiger partial charge in [-0.2, -0.15) is 11.3 Å². The summed E-state index contributed by atoms with van der Waals surface area (Å²) in [6.07, 6.45) is 0.874. The summed E-state index contributed by atoms with van der Waals surface area (Å²) in [6, 6.07) is 16.3. The van der Waals surface area contributed by atoms with E-state index in [2.05, 4.69) is 45.2 Å². The SMILES string of the molecule is Cl.O=C(Nc1cccc(F)c1)N1CCCN(Cc2cc3cc(-c4ccsc4)ccc3o2)CC1. The molecule has 0 atom stereocenters. The number of urea groups is 1. The Labute approximate surface area is 202 Å². The van der Waals surface area contributed by atoms with Crippen molar-refractivity contribution in [3.05, 3.63) is 76.9 Å². The van der Waals surface area contributed by atoms with Gasteiger partial charge in [-0.1, -0.05) is 12.1 Å². The molecular formula is C25H25ClFN3O2S. The summed E-state index contributed by atoms with van der Waals surface area (Å²) in [6.45, 7) is 3.64. The lowest BCUT2D eigenvalue weighted by Crippen LogP contribution is -2.38. The predicted octanol–water partition coefficient (Wildman–Crippen LogP) is 6.46. The van der Waals surface area contributed by atoms with Crippen LogP contribution in [0.2, 0.25) is 0 Å². The van der Waals surface area contributed by atoms with Gasteiger partial charge in [0.05, 0.1) is 6.54 Å². The molecular weight excluding hydrogens is 461 g/mol. The minimum absolute atomic E-state index is 0. The number of halogens is 2. The molecule has 0 bridgehead atoms. The third-order valence-electron chi connectivity index (χ3n) is 5.75. The van der Waals surface area contributed by atoms with Gasteiger partial charge in [0.1, 0.15) is 17.2 Å². The van der Waals surface area contributed by atoms with Crippen LogP contribution in [0.1, 0.15) is 12.2 Å². The fourth-order valence-electron chi connectivity index (χ4n) is 4.11. The average molecular weight is 486 g/mol. The monoisotopic (exact) mass is 485 g/mol. The molecule has 2 amide bonds. The van der Waals surface area contributed by atoms with E-state index in [0.717, 1.165) is 36.2 Å². The normalized spacial score (nSPS) is 14.6. The Kier molecular flexibility index (Phi) is 7.33. The van der Waals surface area contributed by atoms with Crippen LogP contribution < -0.4 is 5.32 Å². The number of thiophene rings is 1. The zero-order valence-electron chi connectivity index (χ0n) is 18.0. The number of hydrogen-bond acceptors (Lipinski definition) is 4. The zero-order valence-corrected chi connectivity index (χ0v) is 19.6. The highest BCUT2D eigenvalue weighted by Crippen LogP contribution is 2.28. The Balaban J connectivity index is 0.00000259. The summed E-state index contributed by atoms with van der Waals surface area (Å²) in [5.74, 6) is 0.568. The Morgan fingerprint density at radius 2 is 1.94 bits per heavy atom. The van der Waals surface area contributed by atoms with E-state index in [9.17, 15) is 9.18 Å². The van der Waals surface area contributed by atoms with Crippen LogP contribution in [0.4, 0.5) is 14.9 Å². The summed E-state index contributed by atoms with van der Waals surface area (Å²) in [5.41, 5.74) is 3.79. The van der Waals surface area contributed by atoms with Crippen molar-refractivity contribution in [1.82, 2.24) is 9.80 Å². The van der Waals surface area contributed by atoms with Gasteiger partial charge in [-0.05, 0) is 70.8 Å². The summed E-state index contributed by atoms with van der Waals surface area (Å²) in [7, 11) is 0. The van der Waals surface area contributed by atoms with Gasteiger partial charge >= 0.3 is 6.03 Å². The molecule has 3 heterocycles. The Morgan fingerprint density at radius 1 is 1.03 bits per heavy atom.